The second kappa shape index (κ2) is 4.16. The van der Waals surface area contributed by atoms with E-state index < -0.39 is 29.7 Å². The van der Waals surface area contributed by atoms with Crippen LogP contribution in [0.1, 0.15) is 25.7 Å². The van der Waals surface area contributed by atoms with Crippen molar-refractivity contribution in [2.24, 2.45) is 17.3 Å². The summed E-state index contributed by atoms with van der Waals surface area (Å²) in [6.45, 7) is 0. The standard InChI is InChI=1S/C13H13NO6/c15-9-5-8(13-3-1-7(6-13)2-4-13)10(16)14(9)20-12(19)11(17)18/h1,3,7-8H,2,4-6H2,(H,17,18). The van der Waals surface area contributed by atoms with Crippen molar-refractivity contribution >= 4 is 23.8 Å². The van der Waals surface area contributed by atoms with Gasteiger partial charge < -0.3 is 9.94 Å². The molecule has 0 aromatic rings. The van der Waals surface area contributed by atoms with E-state index in [0.717, 1.165) is 19.3 Å². The van der Waals surface area contributed by atoms with E-state index in [2.05, 4.69) is 10.9 Å². The Balaban J connectivity index is 1.79. The van der Waals surface area contributed by atoms with Crippen LogP contribution in [0.2, 0.25) is 0 Å². The van der Waals surface area contributed by atoms with Crippen molar-refractivity contribution in [3.8, 4) is 0 Å². The van der Waals surface area contributed by atoms with Crippen molar-refractivity contribution in [1.82, 2.24) is 5.06 Å². The molecule has 2 amide bonds. The lowest BCUT2D eigenvalue weighted by molar-refractivity contribution is -0.202. The van der Waals surface area contributed by atoms with Crippen molar-refractivity contribution in [3.05, 3.63) is 12.2 Å². The van der Waals surface area contributed by atoms with E-state index in [1.54, 1.807) is 0 Å². The third-order valence-corrected chi connectivity index (χ3v) is 4.47. The lowest BCUT2D eigenvalue weighted by Gasteiger charge is -2.28. The number of hydroxylamine groups is 2. The van der Waals surface area contributed by atoms with Gasteiger partial charge in [-0.3, -0.25) is 9.59 Å². The number of carboxylic acid groups (broad SMARTS) is 1. The monoisotopic (exact) mass is 279 g/mol. The van der Waals surface area contributed by atoms with E-state index in [0.29, 0.717) is 11.0 Å². The van der Waals surface area contributed by atoms with Gasteiger partial charge in [-0.15, -0.1) is 5.06 Å². The summed E-state index contributed by atoms with van der Waals surface area (Å²) in [5.74, 6) is -4.84. The van der Waals surface area contributed by atoms with E-state index in [1.165, 1.54) is 0 Å². The second-order valence-electron chi connectivity index (χ2n) is 5.56. The number of rotatable bonds is 2. The maximum Gasteiger partial charge on any atom is 0.441 e. The molecule has 0 aromatic carbocycles. The van der Waals surface area contributed by atoms with Gasteiger partial charge in [0.25, 0.3) is 11.8 Å². The summed E-state index contributed by atoms with van der Waals surface area (Å²) in [5.41, 5.74) is -0.332. The molecule has 1 aliphatic heterocycles. The number of aliphatic carboxylic acids is 1. The minimum Gasteiger partial charge on any atom is -0.473 e. The highest BCUT2D eigenvalue weighted by molar-refractivity contribution is 6.29. The average Bonchev–Trinajstić information content (AvgIpc) is 3.07. The van der Waals surface area contributed by atoms with Crippen molar-refractivity contribution in [1.29, 1.82) is 0 Å². The van der Waals surface area contributed by atoms with Crippen LogP contribution in [-0.2, 0) is 24.0 Å². The number of carbonyl (C=O) groups is 4. The topological polar surface area (TPSA) is 101 Å². The molecule has 2 aliphatic carbocycles. The van der Waals surface area contributed by atoms with Crippen molar-refractivity contribution in [2.75, 3.05) is 0 Å². The third-order valence-electron chi connectivity index (χ3n) is 4.47. The van der Waals surface area contributed by atoms with Crippen LogP contribution in [0.4, 0.5) is 0 Å². The Hall–Kier alpha value is -2.18. The number of allylic oxidation sites excluding steroid dienone is 2. The minimum atomic E-state index is -1.84. The van der Waals surface area contributed by atoms with Gasteiger partial charge >= 0.3 is 11.9 Å². The molecule has 7 nitrogen and oxygen atoms in total. The normalized spacial score (nSPS) is 34.9. The van der Waals surface area contributed by atoms with Gasteiger partial charge in [0.15, 0.2) is 0 Å². The van der Waals surface area contributed by atoms with E-state index >= 15 is 0 Å². The second-order valence-corrected chi connectivity index (χ2v) is 5.56. The Bertz CT molecular complexity index is 553. The summed E-state index contributed by atoms with van der Waals surface area (Å²) in [6.07, 6.45) is 6.66. The van der Waals surface area contributed by atoms with Crippen LogP contribution in [-0.4, -0.2) is 33.9 Å². The van der Waals surface area contributed by atoms with E-state index in [9.17, 15) is 19.2 Å². The fourth-order valence-electron chi connectivity index (χ4n) is 3.50. The van der Waals surface area contributed by atoms with Gasteiger partial charge in [0.1, 0.15) is 0 Å². The van der Waals surface area contributed by atoms with Crippen LogP contribution in [0, 0.1) is 17.3 Å². The lowest BCUT2D eigenvalue weighted by Crippen LogP contribution is -2.38. The van der Waals surface area contributed by atoms with Crippen molar-refractivity contribution in [3.63, 3.8) is 0 Å². The largest absolute Gasteiger partial charge is 0.473 e. The molecule has 1 N–H and O–H groups in total. The average molecular weight is 279 g/mol. The fraction of sp³-hybridized carbons (Fsp3) is 0.538. The molecule has 2 bridgehead atoms. The zero-order valence-corrected chi connectivity index (χ0v) is 10.6. The molecule has 1 saturated carbocycles. The number of nitrogens with zero attached hydrogens (tertiary/aromatic N) is 1. The molecule has 3 aliphatic rings. The van der Waals surface area contributed by atoms with Crippen LogP contribution < -0.4 is 0 Å². The predicted molar refractivity (Wildman–Crippen MR) is 62.6 cm³/mol. The maximum absolute atomic E-state index is 12.2. The SMILES string of the molecule is O=C(O)C(=O)ON1C(=O)CC(C23C=CC(CC2)C3)C1=O. The molecule has 7 heteroatoms. The Morgan fingerprint density at radius 3 is 2.65 bits per heavy atom. The molecule has 3 rings (SSSR count). The highest BCUT2D eigenvalue weighted by atomic mass is 16.7. The molecule has 106 valence electrons. The van der Waals surface area contributed by atoms with Gasteiger partial charge in [-0.2, -0.15) is 0 Å². The van der Waals surface area contributed by atoms with Gasteiger partial charge in [-0.1, -0.05) is 12.2 Å². The maximum atomic E-state index is 12.2. The number of carboxylic acids is 1. The summed E-state index contributed by atoms with van der Waals surface area (Å²) in [4.78, 5) is 49.8. The summed E-state index contributed by atoms with van der Waals surface area (Å²) >= 11 is 0. The molecule has 1 heterocycles. The summed E-state index contributed by atoms with van der Waals surface area (Å²) in [7, 11) is 0. The number of fused-ring (bicyclic) bond motifs is 2. The van der Waals surface area contributed by atoms with Gasteiger partial charge in [0.05, 0.1) is 5.92 Å². The first-order valence-electron chi connectivity index (χ1n) is 6.44. The minimum absolute atomic E-state index is 0.0389. The number of amides is 2. The van der Waals surface area contributed by atoms with E-state index in [4.69, 9.17) is 5.11 Å². The van der Waals surface area contributed by atoms with E-state index in [1.807, 2.05) is 6.08 Å². The fourth-order valence-corrected chi connectivity index (χ4v) is 3.50. The number of imide groups is 1. The summed E-state index contributed by atoms with van der Waals surface area (Å²) < 4.78 is 0. The van der Waals surface area contributed by atoms with E-state index in [-0.39, 0.29) is 11.8 Å². The highest BCUT2D eigenvalue weighted by Gasteiger charge is 2.55. The van der Waals surface area contributed by atoms with Crippen LogP contribution in [0.5, 0.6) is 0 Å². The number of hydrogen-bond donors (Lipinski definition) is 1. The lowest BCUT2D eigenvalue weighted by atomic mass is 9.74. The molecule has 0 spiro atoms. The Labute approximate surface area is 114 Å². The van der Waals surface area contributed by atoms with Crippen molar-refractivity contribution < 1.29 is 29.1 Å². The van der Waals surface area contributed by atoms with Gasteiger partial charge in [-0.05, 0) is 25.2 Å². The first kappa shape index (κ1) is 12.8. The quantitative estimate of drug-likeness (QED) is 0.442. The Morgan fingerprint density at radius 1 is 1.40 bits per heavy atom. The Kier molecular flexibility index (Phi) is 2.67. The molecule has 3 atom stereocenters. The van der Waals surface area contributed by atoms with Gasteiger partial charge in [0, 0.05) is 11.8 Å². The summed E-state index contributed by atoms with van der Waals surface area (Å²) in [6, 6.07) is 0. The zero-order chi connectivity index (χ0) is 14.5. The highest BCUT2D eigenvalue weighted by Crippen LogP contribution is 2.56. The Morgan fingerprint density at radius 2 is 2.15 bits per heavy atom. The molecule has 3 unspecified atom stereocenters. The zero-order valence-electron chi connectivity index (χ0n) is 10.6. The molecular weight excluding hydrogens is 266 g/mol. The third kappa shape index (κ3) is 1.73. The number of carbonyl (C=O) groups excluding carboxylic acids is 3. The van der Waals surface area contributed by atoms with Gasteiger partial charge in [-0.25, -0.2) is 9.59 Å². The summed E-state index contributed by atoms with van der Waals surface area (Å²) in [5, 5.41) is 8.78. The van der Waals surface area contributed by atoms with Crippen LogP contribution in [0.25, 0.3) is 0 Å². The smallest absolute Gasteiger partial charge is 0.441 e. The van der Waals surface area contributed by atoms with Gasteiger partial charge in [0.2, 0.25) is 0 Å². The first-order valence-corrected chi connectivity index (χ1v) is 6.44. The molecule has 20 heavy (non-hydrogen) atoms. The molecule has 2 fully saturated rings. The number of hydrogen-bond acceptors (Lipinski definition) is 5. The van der Waals surface area contributed by atoms with Crippen LogP contribution in [0.3, 0.4) is 0 Å². The van der Waals surface area contributed by atoms with Crippen LogP contribution in [0.15, 0.2) is 12.2 Å². The molecular formula is C13H13NO6. The first-order chi connectivity index (χ1) is 9.43. The van der Waals surface area contributed by atoms with Crippen molar-refractivity contribution in [2.45, 2.75) is 25.7 Å². The molecule has 0 aromatic heterocycles. The van der Waals surface area contributed by atoms with Crippen LogP contribution >= 0.6 is 0 Å². The molecule has 0 radical (unpaired) electrons. The molecule has 1 saturated heterocycles. The predicted octanol–water partition coefficient (Wildman–Crippen LogP) is 0.261.